The number of ether oxygens (including phenoxy) is 1. The molecule has 3 fully saturated rings. The number of carbonyl (C=O) groups is 3. The number of anilines is 1. The molecule has 0 aromatic heterocycles. The number of morpholine rings is 1. The Balaban J connectivity index is 1.28. The van der Waals surface area contributed by atoms with Crippen LogP contribution in [0.5, 0.6) is 0 Å². The molecule has 3 aliphatic heterocycles. The van der Waals surface area contributed by atoms with Crippen molar-refractivity contribution in [3.8, 4) is 0 Å². The van der Waals surface area contributed by atoms with Crippen LogP contribution >= 0.6 is 0 Å². The van der Waals surface area contributed by atoms with E-state index in [-0.39, 0.29) is 12.8 Å². The first-order valence-electron chi connectivity index (χ1n) is 10.5. The number of benzene rings is 1. The van der Waals surface area contributed by atoms with E-state index >= 15 is 0 Å². The van der Waals surface area contributed by atoms with Gasteiger partial charge in [-0.2, -0.15) is 0 Å². The van der Waals surface area contributed by atoms with Crippen molar-refractivity contribution < 1.29 is 24.0 Å². The quantitative estimate of drug-likeness (QED) is 0.681. The fourth-order valence-corrected chi connectivity index (χ4v) is 4.00. The molecule has 0 unspecified atom stereocenters. The summed E-state index contributed by atoms with van der Waals surface area (Å²) in [6.45, 7) is 8.76. The van der Waals surface area contributed by atoms with E-state index in [9.17, 15) is 14.4 Å². The third-order valence-corrected chi connectivity index (χ3v) is 5.90. The Kier molecular flexibility index (Phi) is 6.19. The van der Waals surface area contributed by atoms with E-state index in [4.69, 9.17) is 9.57 Å². The summed E-state index contributed by atoms with van der Waals surface area (Å²) in [5.74, 6) is -0.911. The molecule has 9 nitrogen and oxygen atoms in total. The number of imide groups is 1. The van der Waals surface area contributed by atoms with Crippen LogP contribution in [0.15, 0.2) is 18.2 Å². The lowest BCUT2D eigenvalue weighted by Crippen LogP contribution is -2.50. The van der Waals surface area contributed by atoms with Crippen molar-refractivity contribution in [3.63, 3.8) is 0 Å². The predicted octanol–water partition coefficient (Wildman–Crippen LogP) is 1.15. The van der Waals surface area contributed by atoms with Crippen LogP contribution in [-0.4, -0.2) is 85.3 Å². The number of nitrogens with zero attached hydrogens (tertiary/aromatic N) is 4. The number of rotatable bonds is 4. The molecule has 0 saturated carbocycles. The molecule has 0 bridgehead atoms. The predicted molar refractivity (Wildman–Crippen MR) is 109 cm³/mol. The Labute approximate surface area is 176 Å². The Morgan fingerprint density at radius 3 is 2.30 bits per heavy atom. The lowest BCUT2D eigenvalue weighted by molar-refractivity contribution is -0.174. The van der Waals surface area contributed by atoms with E-state index in [1.807, 2.05) is 0 Å². The second-order valence-corrected chi connectivity index (χ2v) is 7.91. The molecule has 30 heavy (non-hydrogen) atoms. The molecule has 3 heterocycles. The molecule has 9 heteroatoms. The summed E-state index contributed by atoms with van der Waals surface area (Å²) in [7, 11) is 0. The van der Waals surface area contributed by atoms with E-state index < -0.39 is 17.9 Å². The third-order valence-electron chi connectivity index (χ3n) is 5.90. The van der Waals surface area contributed by atoms with Gasteiger partial charge in [0, 0.05) is 64.3 Å². The normalized spacial score (nSPS) is 20.8. The molecule has 0 aliphatic carbocycles. The van der Waals surface area contributed by atoms with Crippen LogP contribution in [-0.2, 0) is 25.7 Å². The molecule has 0 N–H and O–H groups in total. The molecule has 3 aliphatic rings. The van der Waals surface area contributed by atoms with Crippen molar-refractivity contribution in [1.82, 2.24) is 14.9 Å². The smallest absolute Gasteiger partial charge is 0.378 e. The average molecular weight is 416 g/mol. The van der Waals surface area contributed by atoms with E-state index in [0.717, 1.165) is 32.8 Å². The zero-order valence-corrected chi connectivity index (χ0v) is 17.3. The first-order chi connectivity index (χ1) is 14.5. The molecule has 3 amide bonds. The molecule has 162 valence electrons. The number of amides is 3. The molecular formula is C21H28N4O5. The van der Waals surface area contributed by atoms with Crippen molar-refractivity contribution in [1.29, 1.82) is 0 Å². The van der Waals surface area contributed by atoms with Gasteiger partial charge in [-0.1, -0.05) is 6.07 Å². The number of hydrogen-bond donors (Lipinski definition) is 0. The van der Waals surface area contributed by atoms with Crippen molar-refractivity contribution in [2.75, 3.05) is 57.4 Å². The highest BCUT2D eigenvalue weighted by Crippen LogP contribution is 2.22. The maximum absolute atomic E-state index is 12.3. The minimum Gasteiger partial charge on any atom is -0.378 e. The minimum atomic E-state index is -0.635. The van der Waals surface area contributed by atoms with E-state index in [0.29, 0.717) is 31.2 Å². The largest absolute Gasteiger partial charge is 0.434 e. The SMILES string of the molecule is Cc1cc(N2CCOCC2)ccc1CN1CCN(C(=O)ON2C(=O)CCC2=O)CC1. The highest BCUT2D eigenvalue weighted by molar-refractivity contribution is 6.01. The standard InChI is InChI=1S/C21H28N4O5/c1-16-14-18(23-10-12-29-13-11-23)3-2-17(16)15-22-6-8-24(9-7-22)21(28)30-25-19(26)4-5-20(25)27/h2-3,14H,4-13,15H2,1H3. The van der Waals surface area contributed by atoms with Gasteiger partial charge in [0.15, 0.2) is 0 Å². The van der Waals surface area contributed by atoms with E-state index in [1.165, 1.54) is 16.8 Å². The highest BCUT2D eigenvalue weighted by Gasteiger charge is 2.34. The van der Waals surface area contributed by atoms with Gasteiger partial charge in [0.2, 0.25) is 0 Å². The maximum Gasteiger partial charge on any atom is 0.434 e. The lowest BCUT2D eigenvalue weighted by Gasteiger charge is -2.34. The van der Waals surface area contributed by atoms with Gasteiger partial charge in [-0.15, -0.1) is 5.06 Å². The molecule has 0 radical (unpaired) electrons. The summed E-state index contributed by atoms with van der Waals surface area (Å²) >= 11 is 0. The topological polar surface area (TPSA) is 82.6 Å². The summed E-state index contributed by atoms with van der Waals surface area (Å²) in [6.07, 6.45) is -0.433. The molecule has 1 aromatic rings. The summed E-state index contributed by atoms with van der Waals surface area (Å²) in [5, 5.41) is 0.605. The van der Waals surface area contributed by atoms with Gasteiger partial charge in [0.05, 0.1) is 13.2 Å². The van der Waals surface area contributed by atoms with Gasteiger partial charge in [-0.25, -0.2) is 4.79 Å². The molecule has 4 rings (SSSR count). The molecule has 3 saturated heterocycles. The average Bonchev–Trinajstić information content (AvgIpc) is 3.08. The number of piperazine rings is 1. The van der Waals surface area contributed by atoms with Crippen molar-refractivity contribution >= 4 is 23.6 Å². The Bertz CT molecular complexity index is 800. The fourth-order valence-electron chi connectivity index (χ4n) is 4.00. The summed E-state index contributed by atoms with van der Waals surface area (Å²) in [6, 6.07) is 6.59. The van der Waals surface area contributed by atoms with Gasteiger partial charge in [0.1, 0.15) is 0 Å². The van der Waals surface area contributed by atoms with Crippen LogP contribution in [0.25, 0.3) is 0 Å². The third kappa shape index (κ3) is 4.57. The van der Waals surface area contributed by atoms with Gasteiger partial charge >= 0.3 is 6.09 Å². The van der Waals surface area contributed by atoms with Gasteiger partial charge in [0.25, 0.3) is 11.8 Å². The van der Waals surface area contributed by atoms with Crippen LogP contribution in [0, 0.1) is 6.92 Å². The second-order valence-electron chi connectivity index (χ2n) is 7.91. The van der Waals surface area contributed by atoms with Crippen molar-refractivity contribution in [2.24, 2.45) is 0 Å². The Hall–Kier alpha value is -2.65. The summed E-state index contributed by atoms with van der Waals surface area (Å²) in [5.41, 5.74) is 3.77. The Morgan fingerprint density at radius 1 is 1.00 bits per heavy atom. The van der Waals surface area contributed by atoms with Crippen LogP contribution < -0.4 is 4.90 Å². The number of carbonyl (C=O) groups excluding carboxylic acids is 3. The van der Waals surface area contributed by atoms with Crippen LogP contribution in [0.1, 0.15) is 24.0 Å². The number of hydroxylamine groups is 2. The Morgan fingerprint density at radius 2 is 1.67 bits per heavy atom. The van der Waals surface area contributed by atoms with E-state index in [2.05, 4.69) is 34.9 Å². The lowest BCUT2D eigenvalue weighted by atomic mass is 10.1. The fraction of sp³-hybridized carbons (Fsp3) is 0.571. The molecule has 0 atom stereocenters. The monoisotopic (exact) mass is 416 g/mol. The number of aryl methyl sites for hydroxylation is 1. The van der Waals surface area contributed by atoms with Gasteiger partial charge in [-0.05, 0) is 30.2 Å². The first-order valence-corrected chi connectivity index (χ1v) is 10.5. The summed E-state index contributed by atoms with van der Waals surface area (Å²) in [4.78, 5) is 46.7. The van der Waals surface area contributed by atoms with Crippen LogP contribution in [0.2, 0.25) is 0 Å². The zero-order chi connectivity index (χ0) is 21.1. The molecule has 0 spiro atoms. The van der Waals surface area contributed by atoms with Crippen molar-refractivity contribution in [3.05, 3.63) is 29.3 Å². The van der Waals surface area contributed by atoms with Crippen LogP contribution in [0.3, 0.4) is 0 Å². The molecular weight excluding hydrogens is 388 g/mol. The minimum absolute atomic E-state index is 0.101. The number of hydrogen-bond acceptors (Lipinski definition) is 7. The zero-order valence-electron chi connectivity index (χ0n) is 17.3. The van der Waals surface area contributed by atoms with Crippen LogP contribution in [0.4, 0.5) is 10.5 Å². The van der Waals surface area contributed by atoms with Gasteiger partial charge in [-0.3, -0.25) is 14.5 Å². The van der Waals surface area contributed by atoms with Crippen molar-refractivity contribution in [2.45, 2.75) is 26.3 Å². The maximum atomic E-state index is 12.3. The van der Waals surface area contributed by atoms with Gasteiger partial charge < -0.3 is 19.4 Å². The molecule has 1 aromatic carbocycles. The highest BCUT2D eigenvalue weighted by atomic mass is 16.7. The van der Waals surface area contributed by atoms with E-state index in [1.54, 1.807) is 4.90 Å². The first kappa shape index (κ1) is 20.6. The summed E-state index contributed by atoms with van der Waals surface area (Å²) < 4.78 is 5.43. The second kappa shape index (κ2) is 9.01.